The Morgan fingerprint density at radius 2 is 2.10 bits per heavy atom. The quantitative estimate of drug-likeness (QED) is 0.812. The summed E-state index contributed by atoms with van der Waals surface area (Å²) in [5.74, 6) is 0.865. The van der Waals surface area contributed by atoms with Gasteiger partial charge in [-0.1, -0.05) is 5.21 Å². The van der Waals surface area contributed by atoms with Crippen molar-refractivity contribution in [2.24, 2.45) is 7.05 Å². The summed E-state index contributed by atoms with van der Waals surface area (Å²) in [5.41, 5.74) is 2.07. The van der Waals surface area contributed by atoms with Gasteiger partial charge in [0.1, 0.15) is 0 Å². The molecule has 0 amide bonds. The van der Waals surface area contributed by atoms with E-state index in [0.717, 1.165) is 37.0 Å². The number of hydrogen-bond donors (Lipinski definition) is 0. The molecule has 3 aliphatic rings. The predicted molar refractivity (Wildman–Crippen MR) is 77.7 cm³/mol. The van der Waals surface area contributed by atoms with Crippen LogP contribution in [-0.2, 0) is 13.6 Å². The van der Waals surface area contributed by atoms with Gasteiger partial charge in [-0.25, -0.2) is 9.97 Å². The zero-order valence-corrected chi connectivity index (χ0v) is 12.3. The van der Waals surface area contributed by atoms with Crippen LogP contribution in [0.1, 0.15) is 17.8 Å². The minimum Gasteiger partial charge on any atom is -0.338 e. The number of hydrogen-bond acceptors (Lipinski definition) is 6. The van der Waals surface area contributed by atoms with E-state index in [2.05, 4.69) is 30.1 Å². The summed E-state index contributed by atoms with van der Waals surface area (Å²) >= 11 is 0. The van der Waals surface area contributed by atoms with E-state index in [9.17, 15) is 0 Å². The summed E-state index contributed by atoms with van der Waals surface area (Å²) in [6, 6.07) is 3.10. The summed E-state index contributed by atoms with van der Waals surface area (Å²) in [4.78, 5) is 13.8. The van der Waals surface area contributed by atoms with Crippen LogP contribution in [0.25, 0.3) is 0 Å². The highest BCUT2D eigenvalue weighted by Crippen LogP contribution is 2.34. The van der Waals surface area contributed by atoms with Crippen molar-refractivity contribution in [3.05, 3.63) is 29.8 Å². The van der Waals surface area contributed by atoms with Crippen LogP contribution in [0.4, 0.5) is 5.95 Å². The third kappa shape index (κ3) is 2.27. The van der Waals surface area contributed by atoms with Gasteiger partial charge in [0.15, 0.2) is 0 Å². The Hall–Kier alpha value is -2.02. The van der Waals surface area contributed by atoms with Gasteiger partial charge in [0, 0.05) is 56.9 Å². The van der Waals surface area contributed by atoms with Crippen molar-refractivity contribution in [3.63, 3.8) is 0 Å². The minimum absolute atomic E-state index is 0.579. The van der Waals surface area contributed by atoms with Gasteiger partial charge in [-0.2, -0.15) is 0 Å². The molecule has 7 nitrogen and oxygen atoms in total. The van der Waals surface area contributed by atoms with Crippen LogP contribution >= 0.6 is 0 Å². The highest BCUT2D eigenvalue weighted by molar-refractivity contribution is 5.34. The smallest absolute Gasteiger partial charge is 0.225 e. The van der Waals surface area contributed by atoms with E-state index in [1.807, 2.05) is 32.4 Å². The molecule has 3 fully saturated rings. The van der Waals surface area contributed by atoms with Crippen LogP contribution in [0.2, 0.25) is 0 Å². The average molecular weight is 285 g/mol. The fraction of sp³-hybridized carbons (Fsp3) is 0.571. The lowest BCUT2D eigenvalue weighted by molar-refractivity contribution is -0.00999. The van der Waals surface area contributed by atoms with E-state index < -0.39 is 0 Å². The number of aryl methyl sites for hydroxylation is 2. The summed E-state index contributed by atoms with van der Waals surface area (Å²) < 4.78 is 1.76. The van der Waals surface area contributed by atoms with Crippen molar-refractivity contribution in [1.29, 1.82) is 0 Å². The molecule has 0 aliphatic carbocycles. The lowest BCUT2D eigenvalue weighted by atomic mass is 9.87. The first-order chi connectivity index (χ1) is 10.2. The van der Waals surface area contributed by atoms with Crippen LogP contribution in [0.3, 0.4) is 0 Å². The van der Waals surface area contributed by atoms with Crippen LogP contribution in [0.5, 0.6) is 0 Å². The minimum atomic E-state index is 0.579. The summed E-state index contributed by atoms with van der Waals surface area (Å²) in [7, 11) is 1.91. The number of piperidine rings is 1. The molecule has 110 valence electrons. The van der Waals surface area contributed by atoms with Gasteiger partial charge in [0.2, 0.25) is 5.95 Å². The van der Waals surface area contributed by atoms with Gasteiger partial charge in [-0.05, 0) is 19.4 Å². The molecule has 0 saturated carbocycles. The number of fused-ring (bicyclic) bond motifs is 2. The monoisotopic (exact) mass is 285 g/mol. The van der Waals surface area contributed by atoms with Crippen molar-refractivity contribution >= 4 is 5.95 Å². The Bertz CT molecular complexity index is 640. The predicted octanol–water partition coefficient (Wildman–Crippen LogP) is 0.377. The SMILES string of the molecule is Cc1ccnc(N2CC3CC(C2)N3Cc2cn(C)nn2)n1. The Morgan fingerprint density at radius 3 is 2.76 bits per heavy atom. The van der Waals surface area contributed by atoms with E-state index in [4.69, 9.17) is 0 Å². The average Bonchev–Trinajstić information content (AvgIpc) is 2.90. The second-order valence-corrected chi connectivity index (χ2v) is 6.00. The Kier molecular flexibility index (Phi) is 2.88. The molecule has 0 aromatic carbocycles. The zero-order chi connectivity index (χ0) is 14.4. The van der Waals surface area contributed by atoms with Crippen LogP contribution in [0.15, 0.2) is 18.5 Å². The standard InChI is InChI=1S/C14H19N7/c1-10-3-4-15-14(16-10)20-8-12-5-13(9-20)21(12)7-11-6-19(2)18-17-11/h3-4,6,12-13H,5,7-9H2,1-2H3. The maximum atomic E-state index is 4.53. The molecule has 0 N–H and O–H groups in total. The molecule has 2 aromatic heterocycles. The Morgan fingerprint density at radius 1 is 1.29 bits per heavy atom. The van der Waals surface area contributed by atoms with Gasteiger partial charge in [0.25, 0.3) is 0 Å². The molecule has 2 unspecified atom stereocenters. The van der Waals surface area contributed by atoms with Crippen LogP contribution in [0, 0.1) is 6.92 Å². The van der Waals surface area contributed by atoms with Crippen molar-refractivity contribution in [2.45, 2.75) is 32.0 Å². The Labute approximate surface area is 123 Å². The van der Waals surface area contributed by atoms with Gasteiger partial charge in [-0.15, -0.1) is 5.10 Å². The lowest BCUT2D eigenvalue weighted by Crippen LogP contribution is -2.68. The molecule has 0 radical (unpaired) electrons. The maximum Gasteiger partial charge on any atom is 0.225 e. The lowest BCUT2D eigenvalue weighted by Gasteiger charge is -2.56. The molecule has 0 spiro atoms. The largest absolute Gasteiger partial charge is 0.338 e. The normalized spacial score (nSPS) is 25.0. The third-order valence-electron chi connectivity index (χ3n) is 4.40. The maximum absolute atomic E-state index is 4.53. The fourth-order valence-corrected chi connectivity index (χ4v) is 3.35. The second-order valence-electron chi connectivity index (χ2n) is 6.00. The van der Waals surface area contributed by atoms with E-state index in [1.54, 1.807) is 4.68 Å². The molecular formula is C14H19N7. The first kappa shape index (κ1) is 12.7. The molecule has 2 aromatic rings. The van der Waals surface area contributed by atoms with Gasteiger partial charge in [0.05, 0.1) is 5.69 Å². The molecule has 3 aliphatic heterocycles. The van der Waals surface area contributed by atoms with Gasteiger partial charge >= 0.3 is 0 Å². The zero-order valence-electron chi connectivity index (χ0n) is 12.3. The second kappa shape index (κ2) is 4.77. The molecule has 2 bridgehead atoms. The molecule has 2 atom stereocenters. The summed E-state index contributed by atoms with van der Waals surface area (Å²) in [6.45, 7) is 4.91. The van der Waals surface area contributed by atoms with Gasteiger partial charge in [-0.3, -0.25) is 9.58 Å². The first-order valence-electron chi connectivity index (χ1n) is 7.34. The summed E-state index contributed by atoms with van der Waals surface area (Å²) in [6.07, 6.45) is 5.10. The van der Waals surface area contributed by atoms with E-state index in [0.29, 0.717) is 12.1 Å². The van der Waals surface area contributed by atoms with Crippen molar-refractivity contribution in [2.75, 3.05) is 18.0 Å². The van der Waals surface area contributed by atoms with Crippen molar-refractivity contribution in [3.8, 4) is 0 Å². The number of nitrogens with zero attached hydrogens (tertiary/aromatic N) is 7. The molecule has 5 heterocycles. The Balaban J connectivity index is 1.44. The fourth-order valence-electron chi connectivity index (χ4n) is 3.35. The summed E-state index contributed by atoms with van der Waals surface area (Å²) in [5, 5.41) is 8.19. The highest BCUT2D eigenvalue weighted by Gasteiger charge is 2.45. The van der Waals surface area contributed by atoms with E-state index in [1.165, 1.54) is 6.42 Å². The van der Waals surface area contributed by atoms with Crippen molar-refractivity contribution in [1.82, 2.24) is 29.9 Å². The highest BCUT2D eigenvalue weighted by atomic mass is 15.4. The van der Waals surface area contributed by atoms with Crippen molar-refractivity contribution < 1.29 is 0 Å². The molecule has 7 heteroatoms. The van der Waals surface area contributed by atoms with Crippen LogP contribution < -0.4 is 4.90 Å². The number of rotatable bonds is 3. The van der Waals surface area contributed by atoms with E-state index >= 15 is 0 Å². The van der Waals surface area contributed by atoms with Crippen LogP contribution in [-0.4, -0.2) is 55.0 Å². The topological polar surface area (TPSA) is 63.0 Å². The molecular weight excluding hydrogens is 266 g/mol. The van der Waals surface area contributed by atoms with Gasteiger partial charge < -0.3 is 4.90 Å². The number of aromatic nitrogens is 5. The first-order valence-corrected chi connectivity index (χ1v) is 7.34. The number of anilines is 1. The van der Waals surface area contributed by atoms with E-state index in [-0.39, 0.29) is 0 Å². The number of piperazine rings is 1. The molecule has 5 rings (SSSR count). The third-order valence-corrected chi connectivity index (χ3v) is 4.40. The molecule has 21 heavy (non-hydrogen) atoms. The molecule has 3 saturated heterocycles.